The first-order valence-corrected chi connectivity index (χ1v) is 12.0. The molecule has 2 aliphatic rings. The maximum Gasteiger partial charge on any atom is 0.495 e. The van der Waals surface area contributed by atoms with Crippen molar-refractivity contribution in [3.63, 3.8) is 0 Å². The van der Waals surface area contributed by atoms with Crippen LogP contribution in [0, 0.1) is 0 Å². The summed E-state index contributed by atoms with van der Waals surface area (Å²) in [7, 11) is -0.393. The first-order valence-electron chi connectivity index (χ1n) is 12.0. The minimum absolute atomic E-state index is 0.162. The highest BCUT2D eigenvalue weighted by atomic mass is 16.7. The lowest BCUT2D eigenvalue weighted by Crippen LogP contribution is -2.41. The fraction of sp³-hybridized carbons (Fsp3) is 0.464. The Bertz CT molecular complexity index is 1450. The van der Waals surface area contributed by atoms with Gasteiger partial charge in [-0.25, -0.2) is 4.98 Å². The first-order chi connectivity index (χ1) is 15.3. The van der Waals surface area contributed by atoms with Crippen molar-refractivity contribution in [3.8, 4) is 0 Å². The van der Waals surface area contributed by atoms with E-state index in [-0.39, 0.29) is 22.0 Å². The standard InChI is InChI=1S/C28H33BN2O2/c1-25(2)16-26(3,4)20-15-23-22(14-19(20)25)30-24-18-10-9-11-21(17(18)12-13-31(23)24)29-32-27(5,6)28(7,8)33-29/h9-15H,16H2,1-8H3. The summed E-state index contributed by atoms with van der Waals surface area (Å²) < 4.78 is 15.0. The van der Waals surface area contributed by atoms with Crippen LogP contribution in [0.5, 0.6) is 0 Å². The van der Waals surface area contributed by atoms with E-state index in [9.17, 15) is 0 Å². The number of fused-ring (bicyclic) bond motifs is 6. The van der Waals surface area contributed by atoms with E-state index in [0.717, 1.165) is 33.8 Å². The minimum Gasteiger partial charge on any atom is -0.399 e. The van der Waals surface area contributed by atoms with Crippen molar-refractivity contribution in [2.75, 3.05) is 0 Å². The summed E-state index contributed by atoms with van der Waals surface area (Å²) in [5.74, 6) is 0. The summed E-state index contributed by atoms with van der Waals surface area (Å²) in [6.45, 7) is 17.8. The van der Waals surface area contributed by atoms with Gasteiger partial charge in [-0.2, -0.15) is 0 Å². The molecule has 0 radical (unpaired) electrons. The van der Waals surface area contributed by atoms with Gasteiger partial charge in [-0.1, -0.05) is 45.9 Å². The van der Waals surface area contributed by atoms with Gasteiger partial charge in [0, 0.05) is 11.6 Å². The molecule has 1 aliphatic heterocycles. The zero-order chi connectivity index (χ0) is 23.6. The van der Waals surface area contributed by atoms with Gasteiger partial charge in [0.05, 0.1) is 22.2 Å². The number of hydrogen-bond acceptors (Lipinski definition) is 3. The molecule has 0 bridgehead atoms. The summed E-state index contributed by atoms with van der Waals surface area (Å²) >= 11 is 0. The summed E-state index contributed by atoms with van der Waals surface area (Å²) in [5, 5.41) is 2.26. The van der Waals surface area contributed by atoms with Crippen LogP contribution in [-0.4, -0.2) is 27.7 Å². The maximum absolute atomic E-state index is 6.38. The fourth-order valence-corrected chi connectivity index (χ4v) is 6.19. The van der Waals surface area contributed by atoms with E-state index in [0.29, 0.717) is 0 Å². The van der Waals surface area contributed by atoms with Crippen LogP contribution in [0.2, 0.25) is 0 Å². The molecule has 1 saturated heterocycles. The molecule has 2 aromatic carbocycles. The summed E-state index contributed by atoms with van der Waals surface area (Å²) in [6, 6.07) is 13.3. The van der Waals surface area contributed by atoms with Crippen molar-refractivity contribution >= 4 is 40.0 Å². The Morgan fingerprint density at radius 2 is 1.45 bits per heavy atom. The Labute approximate surface area is 196 Å². The van der Waals surface area contributed by atoms with Crippen LogP contribution >= 0.6 is 0 Å². The number of hydrogen-bond donors (Lipinski definition) is 0. The topological polar surface area (TPSA) is 35.8 Å². The quantitative estimate of drug-likeness (QED) is 0.346. The van der Waals surface area contributed by atoms with E-state index >= 15 is 0 Å². The van der Waals surface area contributed by atoms with Crippen LogP contribution in [0.1, 0.15) is 72.9 Å². The molecule has 0 saturated carbocycles. The largest absolute Gasteiger partial charge is 0.495 e. The van der Waals surface area contributed by atoms with E-state index in [4.69, 9.17) is 14.3 Å². The van der Waals surface area contributed by atoms with Gasteiger partial charge >= 0.3 is 7.12 Å². The number of rotatable bonds is 1. The van der Waals surface area contributed by atoms with Gasteiger partial charge in [0.15, 0.2) is 0 Å². The fourth-order valence-electron chi connectivity index (χ4n) is 6.19. The molecule has 33 heavy (non-hydrogen) atoms. The summed E-state index contributed by atoms with van der Waals surface area (Å²) in [5.41, 5.74) is 6.76. The zero-order valence-electron chi connectivity index (χ0n) is 21.0. The number of aromatic nitrogens is 2. The molecule has 0 atom stereocenters. The molecule has 0 N–H and O–H groups in total. The normalized spacial score (nSPS) is 22.5. The number of nitrogens with zero attached hydrogens (tertiary/aromatic N) is 2. The second-order valence-electron chi connectivity index (χ2n) is 12.3. The van der Waals surface area contributed by atoms with Crippen LogP contribution in [-0.2, 0) is 20.1 Å². The third-order valence-electron chi connectivity index (χ3n) is 8.45. The molecule has 3 heterocycles. The van der Waals surface area contributed by atoms with Gasteiger partial charge in [0.25, 0.3) is 0 Å². The van der Waals surface area contributed by atoms with E-state index in [2.05, 4.69) is 102 Å². The van der Waals surface area contributed by atoms with E-state index in [1.54, 1.807) is 0 Å². The average Bonchev–Trinajstić information content (AvgIpc) is 3.24. The van der Waals surface area contributed by atoms with Crippen molar-refractivity contribution in [2.24, 2.45) is 0 Å². The van der Waals surface area contributed by atoms with Gasteiger partial charge in [0.1, 0.15) is 5.65 Å². The van der Waals surface area contributed by atoms with Crippen LogP contribution in [0.4, 0.5) is 0 Å². The maximum atomic E-state index is 6.38. The van der Waals surface area contributed by atoms with Crippen LogP contribution in [0.15, 0.2) is 42.6 Å². The third kappa shape index (κ3) is 2.82. The molecule has 4 aromatic rings. The molecule has 6 rings (SSSR count). The number of imidazole rings is 1. The predicted octanol–water partition coefficient (Wildman–Crippen LogP) is 5.90. The van der Waals surface area contributed by atoms with Gasteiger partial charge in [-0.3, -0.25) is 4.40 Å². The lowest BCUT2D eigenvalue weighted by Gasteiger charge is -2.32. The third-order valence-corrected chi connectivity index (χ3v) is 8.45. The van der Waals surface area contributed by atoms with E-state index in [1.165, 1.54) is 16.6 Å². The Balaban J connectivity index is 1.57. The molecule has 0 amide bonds. The second-order valence-corrected chi connectivity index (χ2v) is 12.3. The smallest absolute Gasteiger partial charge is 0.399 e. The number of benzene rings is 2. The highest BCUT2D eigenvalue weighted by molar-refractivity contribution is 6.65. The number of pyridine rings is 1. The van der Waals surface area contributed by atoms with Crippen molar-refractivity contribution < 1.29 is 9.31 Å². The Morgan fingerprint density at radius 1 is 0.818 bits per heavy atom. The summed E-state index contributed by atoms with van der Waals surface area (Å²) in [6.07, 6.45) is 3.31. The molecule has 0 spiro atoms. The SMILES string of the molecule is CC1(C)CC(C)(C)c2cc3c(cc21)nc1c2cccc(B4OC(C)(C)C(C)(C)O4)c2ccn31. The van der Waals surface area contributed by atoms with Crippen molar-refractivity contribution in [2.45, 2.75) is 83.8 Å². The van der Waals surface area contributed by atoms with Crippen LogP contribution in [0.3, 0.4) is 0 Å². The molecular weight excluding hydrogens is 407 g/mol. The minimum atomic E-state index is -0.393. The highest BCUT2D eigenvalue weighted by Gasteiger charge is 2.52. The van der Waals surface area contributed by atoms with Crippen LogP contribution in [0.25, 0.3) is 27.5 Å². The molecular formula is C28H33BN2O2. The molecule has 2 aromatic heterocycles. The lowest BCUT2D eigenvalue weighted by atomic mass is 9.76. The Hall–Kier alpha value is -2.37. The second kappa shape index (κ2) is 6.19. The van der Waals surface area contributed by atoms with Gasteiger partial charge in [-0.15, -0.1) is 0 Å². The summed E-state index contributed by atoms with van der Waals surface area (Å²) in [4.78, 5) is 5.14. The van der Waals surface area contributed by atoms with Gasteiger partial charge < -0.3 is 9.31 Å². The average molecular weight is 440 g/mol. The molecule has 1 aliphatic carbocycles. The molecule has 5 heteroatoms. The molecule has 4 nitrogen and oxygen atoms in total. The molecule has 0 unspecified atom stereocenters. The van der Waals surface area contributed by atoms with Gasteiger partial charge in [0.2, 0.25) is 0 Å². The molecule has 170 valence electrons. The lowest BCUT2D eigenvalue weighted by molar-refractivity contribution is 0.00578. The van der Waals surface area contributed by atoms with Crippen molar-refractivity contribution in [3.05, 3.63) is 53.7 Å². The highest BCUT2D eigenvalue weighted by Crippen LogP contribution is 2.50. The van der Waals surface area contributed by atoms with Crippen molar-refractivity contribution in [1.82, 2.24) is 9.38 Å². The molecule has 1 fully saturated rings. The van der Waals surface area contributed by atoms with Crippen molar-refractivity contribution in [1.29, 1.82) is 0 Å². The Morgan fingerprint density at radius 3 is 2.12 bits per heavy atom. The monoisotopic (exact) mass is 440 g/mol. The predicted molar refractivity (Wildman–Crippen MR) is 137 cm³/mol. The first kappa shape index (κ1) is 21.2. The van der Waals surface area contributed by atoms with E-state index in [1.807, 2.05) is 0 Å². The Kier molecular flexibility index (Phi) is 3.98. The zero-order valence-corrected chi connectivity index (χ0v) is 21.0. The van der Waals surface area contributed by atoms with Gasteiger partial charge in [-0.05, 0) is 85.1 Å². The van der Waals surface area contributed by atoms with Crippen LogP contribution < -0.4 is 5.46 Å². The van der Waals surface area contributed by atoms with E-state index < -0.39 is 7.12 Å².